The molecule has 102 valence electrons. The maximum atomic E-state index is 11.9. The van der Waals surface area contributed by atoms with Gasteiger partial charge in [0, 0.05) is 0 Å². The molecule has 2 aromatic heterocycles. The van der Waals surface area contributed by atoms with Crippen molar-refractivity contribution in [1.82, 2.24) is 19.9 Å². The Balaban J connectivity index is 0.000000191. The van der Waals surface area contributed by atoms with Crippen LogP contribution in [0.4, 0.5) is 30.7 Å². The van der Waals surface area contributed by atoms with Gasteiger partial charge in [0.05, 0.1) is 0 Å². The van der Waals surface area contributed by atoms with Gasteiger partial charge in [-0.05, 0) is 0 Å². The van der Waals surface area contributed by atoms with E-state index in [0.717, 1.165) is 0 Å². The molecule has 2 rings (SSSR count). The molecule has 0 aromatic carbocycles. The second kappa shape index (κ2) is 6.02. The highest BCUT2D eigenvalue weighted by Crippen LogP contribution is 2.04. The van der Waals surface area contributed by atoms with Crippen molar-refractivity contribution in [2.45, 2.75) is 0 Å². The highest BCUT2D eigenvalue weighted by atomic mass is 19.2. The molecular formula is C8HF7N4. The molecule has 0 spiro atoms. The molecule has 0 atom stereocenters. The molecule has 0 saturated carbocycles. The van der Waals surface area contributed by atoms with E-state index in [1.165, 1.54) is 0 Å². The normalized spacial score (nSPS) is 9.84. The first-order valence-electron chi connectivity index (χ1n) is 4.18. The van der Waals surface area contributed by atoms with Crippen molar-refractivity contribution in [2.24, 2.45) is 0 Å². The Morgan fingerprint density at radius 1 is 0.579 bits per heavy atom. The van der Waals surface area contributed by atoms with E-state index >= 15 is 0 Å². The summed E-state index contributed by atoms with van der Waals surface area (Å²) >= 11 is 0. The zero-order valence-corrected chi connectivity index (χ0v) is 8.51. The third-order valence-electron chi connectivity index (χ3n) is 1.45. The van der Waals surface area contributed by atoms with E-state index in [1.54, 1.807) is 0 Å². The molecule has 4 nitrogen and oxygen atoms in total. The minimum Gasteiger partial charge on any atom is -0.205 e. The number of hydrogen-bond acceptors (Lipinski definition) is 4. The molecule has 0 radical (unpaired) electrons. The summed E-state index contributed by atoms with van der Waals surface area (Å²) in [5, 5.41) is 0. The molecule has 0 aliphatic heterocycles. The van der Waals surface area contributed by atoms with Gasteiger partial charge < -0.3 is 0 Å². The number of aromatic nitrogens is 4. The predicted molar refractivity (Wildman–Crippen MR) is 43.8 cm³/mol. The van der Waals surface area contributed by atoms with Gasteiger partial charge in [-0.15, -0.1) is 0 Å². The summed E-state index contributed by atoms with van der Waals surface area (Å²) < 4.78 is 82.8. The lowest BCUT2D eigenvalue weighted by molar-refractivity contribution is 0.366. The second-order valence-electron chi connectivity index (χ2n) is 2.66. The van der Waals surface area contributed by atoms with Crippen LogP contribution in [0, 0.1) is 41.5 Å². The SMILES string of the molecule is Fc1nc(F)c(F)c(F)n1.Fc1ncnc(F)c1F. The van der Waals surface area contributed by atoms with Crippen LogP contribution in [0.2, 0.25) is 0 Å². The minimum absolute atomic E-state index is 0.605. The fourth-order valence-corrected chi connectivity index (χ4v) is 0.699. The Bertz CT molecular complexity index is 548. The summed E-state index contributed by atoms with van der Waals surface area (Å²) in [5.41, 5.74) is 0. The van der Waals surface area contributed by atoms with Gasteiger partial charge in [-0.3, -0.25) is 0 Å². The number of halogens is 7. The van der Waals surface area contributed by atoms with Gasteiger partial charge in [0.1, 0.15) is 6.33 Å². The fraction of sp³-hybridized carbons (Fsp3) is 0. The van der Waals surface area contributed by atoms with Crippen LogP contribution >= 0.6 is 0 Å². The van der Waals surface area contributed by atoms with Gasteiger partial charge >= 0.3 is 6.08 Å². The zero-order valence-electron chi connectivity index (χ0n) is 8.51. The van der Waals surface area contributed by atoms with E-state index in [-0.39, 0.29) is 0 Å². The van der Waals surface area contributed by atoms with Gasteiger partial charge in [0.2, 0.25) is 11.6 Å². The van der Waals surface area contributed by atoms with E-state index < -0.39 is 41.5 Å². The van der Waals surface area contributed by atoms with Crippen molar-refractivity contribution in [3.63, 3.8) is 0 Å². The first kappa shape index (κ1) is 14.7. The molecule has 0 aliphatic rings. The average molecular weight is 286 g/mol. The smallest absolute Gasteiger partial charge is 0.205 e. The lowest BCUT2D eigenvalue weighted by Crippen LogP contribution is -2.01. The molecule has 2 heterocycles. The van der Waals surface area contributed by atoms with Crippen LogP contribution in [-0.4, -0.2) is 19.9 Å². The summed E-state index contributed by atoms with van der Waals surface area (Å²) in [4.78, 5) is 10.0. The Kier molecular flexibility index (Phi) is 4.67. The van der Waals surface area contributed by atoms with Crippen molar-refractivity contribution in [1.29, 1.82) is 0 Å². The largest absolute Gasteiger partial charge is 0.314 e. The van der Waals surface area contributed by atoms with Crippen LogP contribution in [0.25, 0.3) is 0 Å². The molecule has 0 aliphatic carbocycles. The number of hydrogen-bond donors (Lipinski definition) is 0. The molecule has 2 aromatic rings. The third kappa shape index (κ3) is 3.82. The summed E-state index contributed by atoms with van der Waals surface area (Å²) in [6, 6.07) is 0. The predicted octanol–water partition coefficient (Wildman–Crippen LogP) is 1.93. The molecule has 0 saturated heterocycles. The highest BCUT2D eigenvalue weighted by molar-refractivity contribution is 4.90. The molecular weight excluding hydrogens is 285 g/mol. The maximum Gasteiger partial charge on any atom is 0.314 e. The number of nitrogens with zero attached hydrogens (tertiary/aromatic N) is 4. The molecule has 11 heteroatoms. The monoisotopic (exact) mass is 286 g/mol. The van der Waals surface area contributed by atoms with Crippen molar-refractivity contribution < 1.29 is 30.7 Å². The lowest BCUT2D eigenvalue weighted by Gasteiger charge is -1.90. The Morgan fingerprint density at radius 3 is 1.32 bits per heavy atom. The van der Waals surface area contributed by atoms with E-state index in [2.05, 4.69) is 19.9 Å². The number of rotatable bonds is 0. The first-order valence-corrected chi connectivity index (χ1v) is 4.18. The highest BCUT2D eigenvalue weighted by Gasteiger charge is 2.12. The summed E-state index contributed by atoms with van der Waals surface area (Å²) in [6.45, 7) is 0. The van der Waals surface area contributed by atoms with Crippen LogP contribution in [0.1, 0.15) is 0 Å². The van der Waals surface area contributed by atoms with Gasteiger partial charge in [0.25, 0.3) is 23.8 Å². The average Bonchev–Trinajstić information content (AvgIpc) is 2.33. The van der Waals surface area contributed by atoms with Crippen LogP contribution in [0.15, 0.2) is 6.33 Å². The summed E-state index contributed by atoms with van der Waals surface area (Å²) in [6.07, 6.45) is -1.02. The van der Waals surface area contributed by atoms with Crippen molar-refractivity contribution in [2.75, 3.05) is 0 Å². The van der Waals surface area contributed by atoms with Gasteiger partial charge in [-0.25, -0.2) is 9.97 Å². The molecule has 19 heavy (non-hydrogen) atoms. The topological polar surface area (TPSA) is 51.6 Å². The molecule has 0 N–H and O–H groups in total. The van der Waals surface area contributed by atoms with Gasteiger partial charge in [-0.1, -0.05) is 0 Å². The maximum absolute atomic E-state index is 11.9. The minimum atomic E-state index is -1.87. The Morgan fingerprint density at radius 2 is 0.947 bits per heavy atom. The zero-order chi connectivity index (χ0) is 14.6. The van der Waals surface area contributed by atoms with E-state index in [4.69, 9.17) is 0 Å². The van der Waals surface area contributed by atoms with Gasteiger partial charge in [0.15, 0.2) is 0 Å². The molecule has 0 unspecified atom stereocenters. The van der Waals surface area contributed by atoms with Crippen LogP contribution in [-0.2, 0) is 0 Å². The van der Waals surface area contributed by atoms with E-state index in [9.17, 15) is 30.7 Å². The van der Waals surface area contributed by atoms with E-state index in [1.807, 2.05) is 0 Å². The van der Waals surface area contributed by atoms with Crippen molar-refractivity contribution in [3.8, 4) is 0 Å². The standard InChI is InChI=1S/C4F4N2.C4HF3N2/c5-1-2(6)9-4(8)10-3(1)7;5-2-3(6)8-1-9-4(2)7/h;1H. The fourth-order valence-electron chi connectivity index (χ4n) is 0.699. The van der Waals surface area contributed by atoms with Crippen molar-refractivity contribution >= 4 is 0 Å². The molecule has 0 bridgehead atoms. The first-order chi connectivity index (χ1) is 8.82. The van der Waals surface area contributed by atoms with Crippen LogP contribution in [0.5, 0.6) is 0 Å². The molecule has 0 amide bonds. The van der Waals surface area contributed by atoms with E-state index in [0.29, 0.717) is 6.33 Å². The Labute approximate surface area is 99.5 Å². The quantitative estimate of drug-likeness (QED) is 0.422. The Hall–Kier alpha value is -2.33. The van der Waals surface area contributed by atoms with Crippen LogP contribution in [0.3, 0.4) is 0 Å². The summed E-state index contributed by atoms with van der Waals surface area (Å²) in [7, 11) is 0. The van der Waals surface area contributed by atoms with Crippen molar-refractivity contribution in [3.05, 3.63) is 47.8 Å². The molecule has 0 fully saturated rings. The lowest BCUT2D eigenvalue weighted by atomic mass is 10.6. The summed E-state index contributed by atoms with van der Waals surface area (Å²) in [5.74, 6) is -10.1. The second-order valence-corrected chi connectivity index (χ2v) is 2.66. The van der Waals surface area contributed by atoms with Gasteiger partial charge in [-0.2, -0.15) is 40.7 Å². The third-order valence-corrected chi connectivity index (χ3v) is 1.45. The van der Waals surface area contributed by atoms with Crippen LogP contribution < -0.4 is 0 Å².